The number of aryl methyl sites for hydroxylation is 1. The largest absolute Gasteiger partial charge is 0.394 e. The van der Waals surface area contributed by atoms with Crippen molar-refractivity contribution >= 4 is 23.3 Å². The Kier molecular flexibility index (Phi) is 7.15. The lowest BCUT2D eigenvalue weighted by Crippen LogP contribution is -2.34. The molecule has 1 aromatic heterocycles. The summed E-state index contributed by atoms with van der Waals surface area (Å²) in [6, 6.07) is 14.2. The van der Waals surface area contributed by atoms with Crippen LogP contribution in [0.1, 0.15) is 29.9 Å². The molecule has 1 unspecified atom stereocenters. The molecule has 0 aliphatic heterocycles. The number of benzene rings is 2. The summed E-state index contributed by atoms with van der Waals surface area (Å²) in [7, 11) is 0. The lowest BCUT2D eigenvalue weighted by molar-refractivity contribution is 0.247. The van der Waals surface area contributed by atoms with Crippen molar-refractivity contribution in [1.29, 1.82) is 0 Å². The standard InChI is InChI=1S/C20H23ClN6O2/c1-2-14-3-5-15(6-4-14)13-18(19-24-26-27(25-19)11-12-28)23-20(29)22-17-9-7-16(21)8-10-17/h3-10,18,28H,2,11-13H2,1H3,(H2,22,23,29). The zero-order valence-corrected chi connectivity index (χ0v) is 16.8. The molecule has 2 aromatic carbocycles. The van der Waals surface area contributed by atoms with Gasteiger partial charge in [-0.15, -0.1) is 10.2 Å². The van der Waals surface area contributed by atoms with Gasteiger partial charge in [-0.3, -0.25) is 0 Å². The molecule has 0 fully saturated rings. The fourth-order valence-corrected chi connectivity index (χ4v) is 2.92. The first kappa shape index (κ1) is 20.8. The summed E-state index contributed by atoms with van der Waals surface area (Å²) < 4.78 is 0. The van der Waals surface area contributed by atoms with Crippen LogP contribution >= 0.6 is 11.6 Å². The highest BCUT2D eigenvalue weighted by Gasteiger charge is 2.20. The zero-order valence-electron chi connectivity index (χ0n) is 16.0. The van der Waals surface area contributed by atoms with Crippen LogP contribution in [0.5, 0.6) is 0 Å². The molecule has 1 heterocycles. The number of aromatic nitrogens is 4. The molecule has 2 amide bonds. The van der Waals surface area contributed by atoms with Crippen LogP contribution in [-0.2, 0) is 19.4 Å². The topological polar surface area (TPSA) is 105 Å². The SMILES string of the molecule is CCc1ccc(CC(NC(=O)Nc2ccc(Cl)cc2)c2nnn(CCO)n2)cc1. The maximum Gasteiger partial charge on any atom is 0.319 e. The number of carbonyl (C=O) groups excluding carboxylic acids is 1. The number of amides is 2. The second-order valence-electron chi connectivity index (χ2n) is 6.50. The highest BCUT2D eigenvalue weighted by molar-refractivity contribution is 6.30. The van der Waals surface area contributed by atoms with E-state index >= 15 is 0 Å². The van der Waals surface area contributed by atoms with Crippen LogP contribution in [0.25, 0.3) is 0 Å². The van der Waals surface area contributed by atoms with Crippen LogP contribution < -0.4 is 10.6 Å². The Morgan fingerprint density at radius 2 is 1.83 bits per heavy atom. The predicted molar refractivity (Wildman–Crippen MR) is 111 cm³/mol. The summed E-state index contributed by atoms with van der Waals surface area (Å²) in [4.78, 5) is 13.8. The van der Waals surface area contributed by atoms with E-state index in [0.29, 0.717) is 23.0 Å². The third-order valence-electron chi connectivity index (χ3n) is 4.36. The van der Waals surface area contributed by atoms with Crippen LogP contribution in [0.4, 0.5) is 10.5 Å². The summed E-state index contributed by atoms with van der Waals surface area (Å²) in [5.41, 5.74) is 2.90. The number of nitrogens with one attached hydrogen (secondary N) is 2. The number of carbonyl (C=O) groups is 1. The Morgan fingerprint density at radius 1 is 1.14 bits per heavy atom. The Hall–Kier alpha value is -2.97. The Bertz CT molecular complexity index is 927. The molecule has 0 aliphatic carbocycles. The number of tetrazole rings is 1. The van der Waals surface area contributed by atoms with Crippen molar-refractivity contribution < 1.29 is 9.90 Å². The average Bonchev–Trinajstić information content (AvgIpc) is 3.19. The number of halogens is 1. The molecule has 0 aliphatic rings. The van der Waals surface area contributed by atoms with Crippen LogP contribution in [0.3, 0.4) is 0 Å². The monoisotopic (exact) mass is 414 g/mol. The van der Waals surface area contributed by atoms with Gasteiger partial charge in [0.15, 0.2) is 5.82 Å². The van der Waals surface area contributed by atoms with Gasteiger partial charge >= 0.3 is 6.03 Å². The van der Waals surface area contributed by atoms with E-state index in [0.717, 1.165) is 12.0 Å². The van der Waals surface area contributed by atoms with E-state index in [2.05, 4.69) is 45.1 Å². The maximum atomic E-state index is 12.5. The van der Waals surface area contributed by atoms with Gasteiger partial charge in [0, 0.05) is 17.1 Å². The third kappa shape index (κ3) is 6.00. The molecule has 3 aromatic rings. The molecular weight excluding hydrogens is 392 g/mol. The molecule has 0 saturated carbocycles. The first-order valence-corrected chi connectivity index (χ1v) is 9.74. The number of hydrogen-bond donors (Lipinski definition) is 3. The molecule has 3 rings (SSSR count). The number of aliphatic hydroxyl groups is 1. The third-order valence-corrected chi connectivity index (χ3v) is 4.61. The van der Waals surface area contributed by atoms with Crippen molar-refractivity contribution in [3.63, 3.8) is 0 Å². The van der Waals surface area contributed by atoms with Crippen LogP contribution in [0.2, 0.25) is 5.02 Å². The highest BCUT2D eigenvalue weighted by atomic mass is 35.5. The van der Waals surface area contributed by atoms with E-state index in [1.54, 1.807) is 24.3 Å². The Labute approximate surface area is 173 Å². The first-order valence-electron chi connectivity index (χ1n) is 9.37. The van der Waals surface area contributed by atoms with Gasteiger partial charge in [0.2, 0.25) is 0 Å². The maximum absolute atomic E-state index is 12.5. The van der Waals surface area contributed by atoms with Crippen molar-refractivity contribution in [3.05, 3.63) is 70.5 Å². The van der Waals surface area contributed by atoms with Gasteiger partial charge in [-0.25, -0.2) is 4.79 Å². The summed E-state index contributed by atoms with van der Waals surface area (Å²) in [5.74, 6) is 0.379. The minimum Gasteiger partial charge on any atom is -0.394 e. The molecule has 8 nitrogen and oxygen atoms in total. The van der Waals surface area contributed by atoms with E-state index in [9.17, 15) is 4.79 Å². The zero-order chi connectivity index (χ0) is 20.6. The molecular formula is C20H23ClN6O2. The Balaban J connectivity index is 1.75. The van der Waals surface area contributed by atoms with Crippen LogP contribution in [-0.4, -0.2) is 38.0 Å². The average molecular weight is 415 g/mol. The predicted octanol–water partition coefficient (Wildman–Crippen LogP) is 2.99. The van der Waals surface area contributed by atoms with Crippen molar-refractivity contribution in [2.45, 2.75) is 32.4 Å². The van der Waals surface area contributed by atoms with Crippen LogP contribution in [0.15, 0.2) is 48.5 Å². The number of nitrogens with zero attached hydrogens (tertiary/aromatic N) is 4. The molecule has 152 valence electrons. The number of urea groups is 1. The van der Waals surface area contributed by atoms with Crippen molar-refractivity contribution in [3.8, 4) is 0 Å². The van der Waals surface area contributed by atoms with Crippen molar-refractivity contribution in [2.24, 2.45) is 0 Å². The number of hydrogen-bond acceptors (Lipinski definition) is 5. The lowest BCUT2D eigenvalue weighted by Gasteiger charge is -2.16. The minimum absolute atomic E-state index is 0.0938. The first-order chi connectivity index (χ1) is 14.1. The van der Waals surface area contributed by atoms with E-state index in [1.165, 1.54) is 10.4 Å². The molecule has 0 bridgehead atoms. The molecule has 0 saturated heterocycles. The quantitative estimate of drug-likeness (QED) is 0.525. The lowest BCUT2D eigenvalue weighted by atomic mass is 10.0. The van der Waals surface area contributed by atoms with E-state index in [4.69, 9.17) is 16.7 Å². The van der Waals surface area contributed by atoms with E-state index in [-0.39, 0.29) is 19.2 Å². The summed E-state index contributed by atoms with van der Waals surface area (Å²) in [6.07, 6.45) is 1.46. The van der Waals surface area contributed by atoms with Gasteiger partial charge in [0.25, 0.3) is 0 Å². The van der Waals surface area contributed by atoms with Crippen LogP contribution in [0, 0.1) is 0 Å². The van der Waals surface area contributed by atoms with Gasteiger partial charge in [-0.2, -0.15) is 4.80 Å². The number of anilines is 1. The summed E-state index contributed by atoms with van der Waals surface area (Å²) in [5, 5.41) is 27.6. The summed E-state index contributed by atoms with van der Waals surface area (Å²) >= 11 is 5.88. The van der Waals surface area contributed by atoms with Gasteiger partial charge in [-0.1, -0.05) is 42.8 Å². The van der Waals surface area contributed by atoms with Crippen molar-refractivity contribution in [2.75, 3.05) is 11.9 Å². The van der Waals surface area contributed by atoms with E-state index < -0.39 is 6.04 Å². The van der Waals surface area contributed by atoms with Gasteiger partial charge < -0.3 is 15.7 Å². The fraction of sp³-hybridized carbons (Fsp3) is 0.300. The smallest absolute Gasteiger partial charge is 0.319 e. The van der Waals surface area contributed by atoms with Gasteiger partial charge in [-0.05, 0) is 47.0 Å². The highest BCUT2D eigenvalue weighted by Crippen LogP contribution is 2.17. The fourth-order valence-electron chi connectivity index (χ4n) is 2.79. The summed E-state index contributed by atoms with van der Waals surface area (Å²) in [6.45, 7) is 2.25. The molecule has 0 spiro atoms. The normalized spacial score (nSPS) is 11.8. The number of rotatable bonds is 8. The number of aliphatic hydroxyl groups excluding tert-OH is 1. The van der Waals surface area contributed by atoms with Gasteiger partial charge in [0.05, 0.1) is 19.2 Å². The molecule has 0 radical (unpaired) electrons. The van der Waals surface area contributed by atoms with Crippen molar-refractivity contribution in [1.82, 2.24) is 25.5 Å². The Morgan fingerprint density at radius 3 is 2.48 bits per heavy atom. The van der Waals surface area contributed by atoms with Gasteiger partial charge in [0.1, 0.15) is 0 Å². The second-order valence-corrected chi connectivity index (χ2v) is 6.94. The molecule has 9 heteroatoms. The van der Waals surface area contributed by atoms with E-state index in [1.807, 2.05) is 12.1 Å². The molecule has 3 N–H and O–H groups in total. The minimum atomic E-state index is -0.484. The second kappa shape index (κ2) is 9.99. The molecule has 29 heavy (non-hydrogen) atoms. The molecule has 1 atom stereocenters.